The lowest BCUT2D eigenvalue weighted by molar-refractivity contribution is 0.0600. The summed E-state index contributed by atoms with van der Waals surface area (Å²) in [6, 6.07) is 5.27. The Balaban J connectivity index is 1.83. The molecule has 3 rings (SSSR count). The molecule has 1 aromatic carbocycles. The fourth-order valence-corrected chi connectivity index (χ4v) is 2.71. The summed E-state index contributed by atoms with van der Waals surface area (Å²) in [5, 5.41) is 7.40. The molecule has 7 nitrogen and oxygen atoms in total. The van der Waals surface area contributed by atoms with Gasteiger partial charge in [-0.2, -0.15) is 4.52 Å². The Morgan fingerprint density at radius 3 is 3.00 bits per heavy atom. The Labute approximate surface area is 133 Å². The van der Waals surface area contributed by atoms with E-state index in [2.05, 4.69) is 20.1 Å². The van der Waals surface area contributed by atoms with E-state index in [-0.39, 0.29) is 23.2 Å². The Morgan fingerprint density at radius 2 is 2.26 bits per heavy atom. The maximum atomic E-state index is 13.8. The van der Waals surface area contributed by atoms with Crippen LogP contribution in [0.5, 0.6) is 0 Å². The number of nitrogens with one attached hydrogen (secondary N) is 1. The number of halogens is 1. The minimum atomic E-state index is -0.540. The lowest BCUT2D eigenvalue weighted by Crippen LogP contribution is -2.13. The predicted octanol–water partition coefficient (Wildman–Crippen LogP) is 1.69. The van der Waals surface area contributed by atoms with E-state index >= 15 is 0 Å². The molecule has 2 heterocycles. The van der Waals surface area contributed by atoms with Crippen LogP contribution in [-0.4, -0.2) is 27.7 Å². The molecule has 0 saturated heterocycles. The Kier molecular flexibility index (Phi) is 4.02. The lowest BCUT2D eigenvalue weighted by Gasteiger charge is -2.06. The average molecular weight is 334 g/mol. The van der Waals surface area contributed by atoms with Crippen LogP contribution in [0.25, 0.3) is 4.96 Å². The maximum absolute atomic E-state index is 13.8. The van der Waals surface area contributed by atoms with Crippen molar-refractivity contribution in [1.29, 1.82) is 0 Å². The highest BCUT2D eigenvalue weighted by Crippen LogP contribution is 2.18. The summed E-state index contributed by atoms with van der Waals surface area (Å²) in [6.07, 6.45) is 1.40. The molecule has 2 aromatic heterocycles. The number of methoxy groups -OCH3 is 1. The van der Waals surface area contributed by atoms with Crippen LogP contribution in [-0.2, 0) is 11.3 Å². The number of esters is 1. The lowest BCUT2D eigenvalue weighted by atomic mass is 10.1. The SMILES string of the molecule is COC(=O)c1ccc(F)c(CNc2nn3c(=O)ccnc3s2)c1. The molecule has 0 aliphatic rings. The fourth-order valence-electron chi connectivity index (χ4n) is 1.94. The summed E-state index contributed by atoms with van der Waals surface area (Å²) >= 11 is 1.17. The van der Waals surface area contributed by atoms with Crippen LogP contribution in [0.4, 0.5) is 9.52 Å². The number of nitrogens with zero attached hydrogens (tertiary/aromatic N) is 3. The van der Waals surface area contributed by atoms with Crippen LogP contribution in [0.2, 0.25) is 0 Å². The zero-order chi connectivity index (χ0) is 16.4. The topological polar surface area (TPSA) is 85.6 Å². The van der Waals surface area contributed by atoms with Gasteiger partial charge in [-0.05, 0) is 18.2 Å². The van der Waals surface area contributed by atoms with E-state index in [1.165, 1.54) is 48.9 Å². The van der Waals surface area contributed by atoms with E-state index < -0.39 is 11.8 Å². The van der Waals surface area contributed by atoms with Gasteiger partial charge in [0.25, 0.3) is 5.56 Å². The highest BCUT2D eigenvalue weighted by molar-refractivity contribution is 7.20. The van der Waals surface area contributed by atoms with Crippen molar-refractivity contribution in [3.8, 4) is 0 Å². The van der Waals surface area contributed by atoms with E-state index in [1.54, 1.807) is 0 Å². The number of carbonyl (C=O) groups excluding carboxylic acids is 1. The highest BCUT2D eigenvalue weighted by Gasteiger charge is 2.11. The number of rotatable bonds is 4. The summed E-state index contributed by atoms with van der Waals surface area (Å²) in [7, 11) is 1.26. The second-order valence-corrected chi connectivity index (χ2v) is 5.49. The maximum Gasteiger partial charge on any atom is 0.337 e. The molecule has 0 aliphatic carbocycles. The standard InChI is InChI=1S/C14H11FN4O3S/c1-22-12(21)8-2-3-10(15)9(6-8)7-17-13-18-19-11(20)4-5-16-14(19)23-13/h2-6H,7H2,1H3,(H,17,18). The van der Waals surface area contributed by atoms with Crippen molar-refractivity contribution in [2.24, 2.45) is 0 Å². The van der Waals surface area contributed by atoms with Crippen LogP contribution in [0.3, 0.4) is 0 Å². The minimum absolute atomic E-state index is 0.102. The molecule has 0 spiro atoms. The van der Waals surface area contributed by atoms with Gasteiger partial charge in [0.15, 0.2) is 0 Å². The van der Waals surface area contributed by atoms with E-state index in [0.717, 1.165) is 4.52 Å². The molecule has 23 heavy (non-hydrogen) atoms. The highest BCUT2D eigenvalue weighted by atomic mass is 32.1. The summed E-state index contributed by atoms with van der Waals surface area (Å²) in [5.74, 6) is -0.997. The first kappa shape index (κ1) is 15.1. The number of fused-ring (bicyclic) bond motifs is 1. The number of benzene rings is 1. The monoisotopic (exact) mass is 334 g/mol. The predicted molar refractivity (Wildman–Crippen MR) is 82.2 cm³/mol. The fraction of sp³-hybridized carbons (Fsp3) is 0.143. The van der Waals surface area contributed by atoms with Gasteiger partial charge in [-0.3, -0.25) is 4.79 Å². The van der Waals surface area contributed by atoms with Crippen LogP contribution < -0.4 is 10.9 Å². The number of aromatic nitrogens is 3. The van der Waals surface area contributed by atoms with Crippen molar-refractivity contribution in [2.75, 3.05) is 12.4 Å². The molecule has 0 aliphatic heterocycles. The number of ether oxygens (including phenoxy) is 1. The first-order valence-corrected chi connectivity index (χ1v) is 7.35. The third kappa shape index (κ3) is 3.04. The van der Waals surface area contributed by atoms with Crippen molar-refractivity contribution in [3.05, 3.63) is 57.8 Å². The van der Waals surface area contributed by atoms with Gasteiger partial charge in [-0.1, -0.05) is 11.3 Å². The van der Waals surface area contributed by atoms with Gasteiger partial charge in [-0.25, -0.2) is 14.2 Å². The molecule has 3 aromatic rings. The molecule has 0 radical (unpaired) electrons. The number of hydrogen-bond donors (Lipinski definition) is 1. The Bertz CT molecular complexity index is 937. The molecule has 0 bridgehead atoms. The molecule has 118 valence electrons. The first-order chi connectivity index (χ1) is 11.1. The second kappa shape index (κ2) is 6.13. The average Bonchev–Trinajstić information content (AvgIpc) is 2.98. The normalized spacial score (nSPS) is 10.7. The largest absolute Gasteiger partial charge is 0.465 e. The van der Waals surface area contributed by atoms with Crippen LogP contribution >= 0.6 is 11.3 Å². The van der Waals surface area contributed by atoms with Gasteiger partial charge in [0.05, 0.1) is 12.7 Å². The molecule has 0 unspecified atom stereocenters. The molecule has 0 amide bonds. The third-order valence-electron chi connectivity index (χ3n) is 3.07. The zero-order valence-electron chi connectivity index (χ0n) is 11.9. The van der Waals surface area contributed by atoms with Crippen molar-refractivity contribution < 1.29 is 13.9 Å². The van der Waals surface area contributed by atoms with Gasteiger partial charge >= 0.3 is 5.97 Å². The zero-order valence-corrected chi connectivity index (χ0v) is 12.8. The van der Waals surface area contributed by atoms with Gasteiger partial charge in [-0.15, -0.1) is 5.10 Å². The quantitative estimate of drug-likeness (QED) is 0.731. The second-order valence-electron chi connectivity index (χ2n) is 4.54. The molecule has 0 saturated carbocycles. The smallest absolute Gasteiger partial charge is 0.337 e. The number of anilines is 1. The van der Waals surface area contributed by atoms with Crippen LogP contribution in [0.15, 0.2) is 35.3 Å². The molecule has 0 atom stereocenters. The van der Waals surface area contributed by atoms with Crippen LogP contribution in [0.1, 0.15) is 15.9 Å². The summed E-state index contributed by atoms with van der Waals surface area (Å²) in [6.45, 7) is 0.102. The van der Waals surface area contributed by atoms with E-state index in [0.29, 0.717) is 10.1 Å². The summed E-state index contributed by atoms with van der Waals surface area (Å²) < 4.78 is 19.6. The molecule has 9 heteroatoms. The van der Waals surface area contributed by atoms with Crippen molar-refractivity contribution >= 4 is 27.4 Å². The molecular weight excluding hydrogens is 323 g/mol. The van der Waals surface area contributed by atoms with Crippen molar-refractivity contribution in [2.45, 2.75) is 6.54 Å². The van der Waals surface area contributed by atoms with E-state index in [4.69, 9.17) is 0 Å². The minimum Gasteiger partial charge on any atom is -0.465 e. The Hall–Kier alpha value is -2.81. The first-order valence-electron chi connectivity index (χ1n) is 6.54. The van der Waals surface area contributed by atoms with E-state index in [1.807, 2.05) is 0 Å². The van der Waals surface area contributed by atoms with E-state index in [9.17, 15) is 14.0 Å². The number of hydrogen-bond acceptors (Lipinski definition) is 7. The van der Waals surface area contributed by atoms with Crippen molar-refractivity contribution in [1.82, 2.24) is 14.6 Å². The molecular formula is C14H11FN4O3S. The third-order valence-corrected chi connectivity index (χ3v) is 3.95. The van der Waals surface area contributed by atoms with Crippen LogP contribution in [0, 0.1) is 5.82 Å². The van der Waals surface area contributed by atoms with Gasteiger partial charge < -0.3 is 10.1 Å². The van der Waals surface area contributed by atoms with Crippen molar-refractivity contribution in [3.63, 3.8) is 0 Å². The van der Waals surface area contributed by atoms with Gasteiger partial charge in [0.2, 0.25) is 10.1 Å². The number of carbonyl (C=O) groups is 1. The molecule has 0 fully saturated rings. The van der Waals surface area contributed by atoms with Gasteiger partial charge in [0, 0.05) is 24.4 Å². The summed E-state index contributed by atoms with van der Waals surface area (Å²) in [5.41, 5.74) is 0.249. The summed E-state index contributed by atoms with van der Waals surface area (Å²) in [4.78, 5) is 27.5. The van der Waals surface area contributed by atoms with Gasteiger partial charge in [0.1, 0.15) is 5.82 Å². The Morgan fingerprint density at radius 1 is 1.43 bits per heavy atom. The molecule has 1 N–H and O–H groups in total.